The molecular formula is C10H18O2S. The summed E-state index contributed by atoms with van der Waals surface area (Å²) in [6.45, 7) is 8.41. The Morgan fingerprint density at radius 1 is 1.54 bits per heavy atom. The van der Waals surface area contributed by atoms with Crippen LogP contribution in [0.1, 0.15) is 34.1 Å². The van der Waals surface area contributed by atoms with Crippen molar-refractivity contribution in [2.75, 3.05) is 0 Å². The highest BCUT2D eigenvalue weighted by Gasteiger charge is 2.45. The smallest absolute Gasteiger partial charge is 0.307 e. The first-order chi connectivity index (χ1) is 5.84. The molecule has 0 aromatic carbocycles. The molecule has 0 aromatic heterocycles. The van der Waals surface area contributed by atoms with Crippen LogP contribution >= 0.6 is 11.8 Å². The Labute approximate surface area is 84.1 Å². The van der Waals surface area contributed by atoms with E-state index in [1.54, 1.807) is 0 Å². The van der Waals surface area contributed by atoms with Gasteiger partial charge in [-0.2, -0.15) is 11.8 Å². The van der Waals surface area contributed by atoms with E-state index in [2.05, 4.69) is 13.8 Å². The standard InChI is InChI=1S/C10H18O2S/c1-6(2)8-5-7(9(11)12)10(3,4)13-8/h6-8H,5H2,1-4H3,(H,11,12). The summed E-state index contributed by atoms with van der Waals surface area (Å²) in [5, 5.41) is 9.55. The van der Waals surface area contributed by atoms with Crippen LogP contribution in [-0.2, 0) is 4.79 Å². The molecule has 0 saturated carbocycles. The van der Waals surface area contributed by atoms with Crippen molar-refractivity contribution in [2.24, 2.45) is 11.8 Å². The molecule has 1 saturated heterocycles. The molecule has 3 heteroatoms. The first-order valence-corrected chi connectivity index (χ1v) is 5.63. The van der Waals surface area contributed by atoms with E-state index in [4.69, 9.17) is 5.11 Å². The molecular weight excluding hydrogens is 184 g/mol. The Hall–Kier alpha value is -0.180. The van der Waals surface area contributed by atoms with Gasteiger partial charge in [-0.3, -0.25) is 4.79 Å². The minimum atomic E-state index is -0.638. The Balaban J connectivity index is 2.74. The second-order valence-corrected chi connectivity index (χ2v) is 6.52. The third kappa shape index (κ3) is 2.19. The van der Waals surface area contributed by atoms with Gasteiger partial charge in [-0.15, -0.1) is 0 Å². The summed E-state index contributed by atoms with van der Waals surface area (Å²) in [6, 6.07) is 0. The minimum absolute atomic E-state index is 0.0965. The normalized spacial score (nSPS) is 32.4. The third-order valence-corrected chi connectivity index (χ3v) is 4.74. The molecule has 0 spiro atoms. The van der Waals surface area contributed by atoms with Gasteiger partial charge < -0.3 is 5.11 Å². The molecule has 0 aromatic rings. The van der Waals surface area contributed by atoms with E-state index >= 15 is 0 Å². The van der Waals surface area contributed by atoms with E-state index in [-0.39, 0.29) is 10.7 Å². The number of carboxylic acid groups (broad SMARTS) is 1. The van der Waals surface area contributed by atoms with Crippen molar-refractivity contribution in [3.05, 3.63) is 0 Å². The summed E-state index contributed by atoms with van der Waals surface area (Å²) < 4.78 is -0.0965. The molecule has 76 valence electrons. The van der Waals surface area contributed by atoms with Crippen LogP contribution in [0.2, 0.25) is 0 Å². The van der Waals surface area contributed by atoms with Crippen molar-refractivity contribution in [1.29, 1.82) is 0 Å². The van der Waals surface area contributed by atoms with E-state index < -0.39 is 5.97 Å². The van der Waals surface area contributed by atoms with Crippen LogP contribution in [0.25, 0.3) is 0 Å². The summed E-state index contributed by atoms with van der Waals surface area (Å²) in [6.07, 6.45) is 0.824. The Kier molecular flexibility index (Phi) is 2.95. The Morgan fingerprint density at radius 2 is 2.08 bits per heavy atom. The van der Waals surface area contributed by atoms with E-state index in [0.29, 0.717) is 11.2 Å². The number of rotatable bonds is 2. The van der Waals surface area contributed by atoms with E-state index in [1.165, 1.54) is 0 Å². The molecule has 1 heterocycles. The predicted octanol–water partition coefficient (Wildman–Crippen LogP) is 2.63. The summed E-state index contributed by atoms with van der Waals surface area (Å²) in [5.41, 5.74) is 0. The molecule has 0 bridgehead atoms. The zero-order chi connectivity index (χ0) is 10.2. The summed E-state index contributed by atoms with van der Waals surface area (Å²) in [4.78, 5) is 11.0. The van der Waals surface area contributed by atoms with Crippen molar-refractivity contribution in [3.63, 3.8) is 0 Å². The molecule has 13 heavy (non-hydrogen) atoms. The molecule has 0 amide bonds. The van der Waals surface area contributed by atoms with Crippen LogP contribution in [0, 0.1) is 11.8 Å². The van der Waals surface area contributed by atoms with Crippen LogP contribution in [0.5, 0.6) is 0 Å². The highest BCUT2D eigenvalue weighted by atomic mass is 32.2. The van der Waals surface area contributed by atoms with Gasteiger partial charge in [0.2, 0.25) is 0 Å². The number of hydrogen-bond acceptors (Lipinski definition) is 2. The SMILES string of the molecule is CC(C)C1CC(C(=O)O)C(C)(C)S1. The van der Waals surface area contributed by atoms with Gasteiger partial charge in [0, 0.05) is 10.00 Å². The van der Waals surface area contributed by atoms with Crippen LogP contribution < -0.4 is 0 Å². The van der Waals surface area contributed by atoms with Gasteiger partial charge in [0.1, 0.15) is 0 Å². The quantitative estimate of drug-likeness (QED) is 0.748. The number of carbonyl (C=O) groups is 1. The zero-order valence-electron chi connectivity index (χ0n) is 8.70. The number of thioether (sulfide) groups is 1. The van der Waals surface area contributed by atoms with E-state index in [1.807, 2.05) is 25.6 Å². The Bertz CT molecular complexity index is 211. The monoisotopic (exact) mass is 202 g/mol. The van der Waals surface area contributed by atoms with Gasteiger partial charge in [0.05, 0.1) is 5.92 Å². The van der Waals surface area contributed by atoms with Crippen molar-refractivity contribution in [1.82, 2.24) is 0 Å². The zero-order valence-corrected chi connectivity index (χ0v) is 9.52. The molecule has 0 radical (unpaired) electrons. The molecule has 1 fully saturated rings. The second kappa shape index (κ2) is 3.52. The van der Waals surface area contributed by atoms with Gasteiger partial charge >= 0.3 is 5.97 Å². The molecule has 0 aliphatic carbocycles. The summed E-state index contributed by atoms with van der Waals surface area (Å²) >= 11 is 1.83. The Morgan fingerprint density at radius 3 is 2.31 bits per heavy atom. The van der Waals surface area contributed by atoms with Gasteiger partial charge in [0.25, 0.3) is 0 Å². The van der Waals surface area contributed by atoms with Gasteiger partial charge in [-0.05, 0) is 26.2 Å². The average Bonchev–Trinajstić information content (AvgIpc) is 2.25. The maximum absolute atomic E-state index is 11.0. The fraction of sp³-hybridized carbons (Fsp3) is 0.900. The van der Waals surface area contributed by atoms with Crippen molar-refractivity contribution in [3.8, 4) is 0 Å². The molecule has 1 aliphatic heterocycles. The predicted molar refractivity (Wildman–Crippen MR) is 56.0 cm³/mol. The number of aliphatic carboxylic acids is 1. The topological polar surface area (TPSA) is 37.3 Å². The molecule has 1 N–H and O–H groups in total. The van der Waals surface area contributed by atoms with Crippen LogP contribution in [0.15, 0.2) is 0 Å². The maximum Gasteiger partial charge on any atom is 0.307 e. The largest absolute Gasteiger partial charge is 0.481 e. The second-order valence-electron chi connectivity index (χ2n) is 4.63. The van der Waals surface area contributed by atoms with Crippen molar-refractivity contribution >= 4 is 17.7 Å². The molecule has 1 aliphatic rings. The van der Waals surface area contributed by atoms with E-state index in [0.717, 1.165) is 6.42 Å². The molecule has 1 rings (SSSR count). The summed E-state index contributed by atoms with van der Waals surface area (Å²) in [7, 11) is 0. The average molecular weight is 202 g/mol. The van der Waals surface area contributed by atoms with Gasteiger partial charge in [-0.1, -0.05) is 13.8 Å². The van der Waals surface area contributed by atoms with Crippen molar-refractivity contribution in [2.45, 2.75) is 44.1 Å². The highest BCUT2D eigenvalue weighted by molar-refractivity contribution is 8.01. The summed E-state index contributed by atoms with van der Waals surface area (Å²) in [5.74, 6) is -0.237. The van der Waals surface area contributed by atoms with E-state index in [9.17, 15) is 4.79 Å². The third-order valence-electron chi connectivity index (χ3n) is 2.80. The lowest BCUT2D eigenvalue weighted by Crippen LogP contribution is -2.29. The molecule has 2 nitrogen and oxygen atoms in total. The van der Waals surface area contributed by atoms with Crippen LogP contribution in [-0.4, -0.2) is 21.1 Å². The lowest BCUT2D eigenvalue weighted by Gasteiger charge is -2.22. The number of carboxylic acids is 1. The highest BCUT2D eigenvalue weighted by Crippen LogP contribution is 2.49. The van der Waals surface area contributed by atoms with Crippen LogP contribution in [0.3, 0.4) is 0 Å². The fourth-order valence-electron chi connectivity index (χ4n) is 1.84. The number of hydrogen-bond donors (Lipinski definition) is 1. The molecule has 2 unspecified atom stereocenters. The fourth-order valence-corrected chi connectivity index (χ4v) is 3.55. The lowest BCUT2D eigenvalue weighted by molar-refractivity contribution is -0.142. The van der Waals surface area contributed by atoms with Gasteiger partial charge in [0.15, 0.2) is 0 Å². The minimum Gasteiger partial charge on any atom is -0.481 e. The van der Waals surface area contributed by atoms with Crippen molar-refractivity contribution < 1.29 is 9.90 Å². The molecule has 2 atom stereocenters. The first-order valence-electron chi connectivity index (χ1n) is 4.75. The van der Waals surface area contributed by atoms with Crippen LogP contribution in [0.4, 0.5) is 0 Å². The van der Waals surface area contributed by atoms with Gasteiger partial charge in [-0.25, -0.2) is 0 Å². The maximum atomic E-state index is 11.0. The lowest BCUT2D eigenvalue weighted by atomic mass is 9.89. The first kappa shape index (κ1) is 10.9.